The highest BCUT2D eigenvalue weighted by Crippen LogP contribution is 2.23. The Bertz CT molecular complexity index is 1230. The minimum absolute atomic E-state index is 0.456. The number of hydrogen-bond donors (Lipinski definition) is 2. The Labute approximate surface area is 189 Å². The van der Waals surface area contributed by atoms with Crippen LogP contribution in [0.4, 0.5) is 4.39 Å². The standard InChI is InChI=1S/C22H18ClFN2O5S/c23-16-8-6-15(7-9-16)21(14-4-2-1-3-5-14)26-20(27)13-31-22(28)18-12-17(32(25,29)30)10-11-19(18)24/h1-12,21H,13H2,(H,26,27)(H2,25,29,30). The molecule has 0 saturated carbocycles. The number of amides is 1. The molecule has 1 unspecified atom stereocenters. The topological polar surface area (TPSA) is 116 Å². The van der Waals surface area contributed by atoms with Gasteiger partial charge in [0.2, 0.25) is 10.0 Å². The quantitative estimate of drug-likeness (QED) is 0.508. The second-order valence-electron chi connectivity index (χ2n) is 6.73. The predicted molar refractivity (Wildman–Crippen MR) is 116 cm³/mol. The van der Waals surface area contributed by atoms with E-state index in [1.54, 1.807) is 24.3 Å². The smallest absolute Gasteiger partial charge is 0.341 e. The van der Waals surface area contributed by atoms with Gasteiger partial charge < -0.3 is 10.1 Å². The number of rotatable bonds is 7. The van der Waals surface area contributed by atoms with Gasteiger partial charge in [0.05, 0.1) is 16.5 Å². The minimum atomic E-state index is -4.15. The van der Waals surface area contributed by atoms with Crippen molar-refractivity contribution >= 4 is 33.5 Å². The van der Waals surface area contributed by atoms with Gasteiger partial charge in [-0.05, 0) is 41.5 Å². The van der Waals surface area contributed by atoms with E-state index in [2.05, 4.69) is 5.32 Å². The van der Waals surface area contributed by atoms with E-state index in [0.717, 1.165) is 29.3 Å². The van der Waals surface area contributed by atoms with Crippen LogP contribution in [0.1, 0.15) is 27.5 Å². The molecule has 7 nitrogen and oxygen atoms in total. The van der Waals surface area contributed by atoms with Crippen LogP contribution in [0.25, 0.3) is 0 Å². The van der Waals surface area contributed by atoms with Gasteiger partial charge in [-0.1, -0.05) is 54.1 Å². The van der Waals surface area contributed by atoms with Crippen LogP contribution in [0.2, 0.25) is 5.02 Å². The number of nitrogens with two attached hydrogens (primary N) is 1. The number of nitrogens with one attached hydrogen (secondary N) is 1. The van der Waals surface area contributed by atoms with Gasteiger partial charge in [-0.15, -0.1) is 0 Å². The fourth-order valence-corrected chi connectivity index (χ4v) is 3.57. The van der Waals surface area contributed by atoms with Crippen LogP contribution in [-0.2, 0) is 19.6 Å². The Balaban J connectivity index is 1.73. The molecule has 3 aromatic rings. The van der Waals surface area contributed by atoms with Gasteiger partial charge in [-0.3, -0.25) is 4.79 Å². The van der Waals surface area contributed by atoms with Gasteiger partial charge in [-0.25, -0.2) is 22.7 Å². The molecule has 166 valence electrons. The lowest BCUT2D eigenvalue weighted by Gasteiger charge is -2.20. The van der Waals surface area contributed by atoms with Crippen molar-refractivity contribution in [2.45, 2.75) is 10.9 Å². The lowest BCUT2D eigenvalue weighted by atomic mass is 9.99. The summed E-state index contributed by atoms with van der Waals surface area (Å²) in [5.41, 5.74) is 0.871. The Morgan fingerprint density at radius 2 is 1.62 bits per heavy atom. The van der Waals surface area contributed by atoms with Crippen molar-refractivity contribution in [3.63, 3.8) is 0 Å². The summed E-state index contributed by atoms with van der Waals surface area (Å²) in [5, 5.41) is 8.29. The largest absolute Gasteiger partial charge is 0.452 e. The highest BCUT2D eigenvalue weighted by Gasteiger charge is 2.21. The van der Waals surface area contributed by atoms with E-state index in [0.29, 0.717) is 5.02 Å². The first-order valence-corrected chi connectivity index (χ1v) is 11.2. The van der Waals surface area contributed by atoms with Gasteiger partial charge in [0.15, 0.2) is 6.61 Å². The maximum atomic E-state index is 14.0. The van der Waals surface area contributed by atoms with Crippen LogP contribution in [0.5, 0.6) is 0 Å². The second-order valence-corrected chi connectivity index (χ2v) is 8.72. The maximum Gasteiger partial charge on any atom is 0.341 e. The Morgan fingerprint density at radius 3 is 2.25 bits per heavy atom. The van der Waals surface area contributed by atoms with Crippen LogP contribution in [0.15, 0.2) is 77.7 Å². The number of carbonyl (C=O) groups excluding carboxylic acids is 2. The third-order valence-corrected chi connectivity index (χ3v) is 5.63. The van der Waals surface area contributed by atoms with E-state index in [4.69, 9.17) is 21.5 Å². The third-order valence-electron chi connectivity index (χ3n) is 4.46. The third kappa shape index (κ3) is 5.91. The van der Waals surface area contributed by atoms with Gasteiger partial charge >= 0.3 is 5.97 Å². The molecule has 3 N–H and O–H groups in total. The molecule has 32 heavy (non-hydrogen) atoms. The van der Waals surface area contributed by atoms with E-state index < -0.39 is 50.8 Å². The molecule has 0 aromatic heterocycles. The van der Waals surface area contributed by atoms with Crippen molar-refractivity contribution in [2.24, 2.45) is 5.14 Å². The Morgan fingerprint density at radius 1 is 1.00 bits per heavy atom. The molecule has 1 amide bonds. The van der Waals surface area contributed by atoms with Crippen molar-refractivity contribution in [2.75, 3.05) is 6.61 Å². The number of halogens is 2. The average molecular weight is 477 g/mol. The molecule has 0 aliphatic heterocycles. The molecule has 0 spiro atoms. The summed E-state index contributed by atoms with van der Waals surface area (Å²) in [6.07, 6.45) is 0. The molecule has 0 aliphatic carbocycles. The molecule has 0 bridgehead atoms. The van der Waals surface area contributed by atoms with E-state index in [9.17, 15) is 22.4 Å². The number of primary sulfonamides is 1. The van der Waals surface area contributed by atoms with Crippen molar-refractivity contribution < 1.29 is 27.1 Å². The van der Waals surface area contributed by atoms with E-state index >= 15 is 0 Å². The fraction of sp³-hybridized carbons (Fsp3) is 0.0909. The fourth-order valence-electron chi connectivity index (χ4n) is 2.91. The molecule has 3 aromatic carbocycles. The lowest BCUT2D eigenvalue weighted by Crippen LogP contribution is -2.33. The molecule has 10 heteroatoms. The zero-order chi connectivity index (χ0) is 23.3. The second kappa shape index (κ2) is 9.90. The summed E-state index contributed by atoms with van der Waals surface area (Å²) >= 11 is 5.94. The summed E-state index contributed by atoms with van der Waals surface area (Å²) in [6.45, 7) is -0.713. The van der Waals surface area contributed by atoms with Gasteiger partial charge in [0.25, 0.3) is 5.91 Å². The van der Waals surface area contributed by atoms with E-state index in [1.165, 1.54) is 0 Å². The summed E-state index contributed by atoms with van der Waals surface area (Å²) in [5.74, 6) is -2.86. The monoisotopic (exact) mass is 476 g/mol. The summed E-state index contributed by atoms with van der Waals surface area (Å²) < 4.78 is 41.7. The first kappa shape index (κ1) is 23.4. The van der Waals surface area contributed by atoms with E-state index in [1.807, 2.05) is 30.3 Å². The maximum absolute atomic E-state index is 14.0. The van der Waals surface area contributed by atoms with Gasteiger partial charge in [-0.2, -0.15) is 0 Å². The Kier molecular flexibility index (Phi) is 7.24. The molecule has 0 saturated heterocycles. The summed E-state index contributed by atoms with van der Waals surface area (Å²) in [6, 6.07) is 17.9. The highest BCUT2D eigenvalue weighted by atomic mass is 35.5. The summed E-state index contributed by atoms with van der Waals surface area (Å²) in [7, 11) is -4.15. The molecule has 0 heterocycles. The zero-order valence-electron chi connectivity index (χ0n) is 16.5. The summed E-state index contributed by atoms with van der Waals surface area (Å²) in [4.78, 5) is 24.3. The molecule has 1 atom stereocenters. The molecule has 0 radical (unpaired) electrons. The van der Waals surface area contributed by atoms with Gasteiger partial charge in [0.1, 0.15) is 5.82 Å². The first-order chi connectivity index (χ1) is 15.1. The molecular formula is C22H18ClFN2O5S. The lowest BCUT2D eigenvalue weighted by molar-refractivity contribution is -0.124. The molecule has 0 aliphatic rings. The number of sulfonamides is 1. The van der Waals surface area contributed by atoms with Crippen molar-refractivity contribution in [3.05, 3.63) is 100 Å². The molecule has 3 rings (SSSR count). The van der Waals surface area contributed by atoms with Gasteiger partial charge in [0, 0.05) is 5.02 Å². The van der Waals surface area contributed by atoms with Crippen LogP contribution in [0.3, 0.4) is 0 Å². The number of esters is 1. The molecule has 0 fully saturated rings. The predicted octanol–water partition coefficient (Wildman–Crippen LogP) is 3.19. The zero-order valence-corrected chi connectivity index (χ0v) is 18.1. The normalized spacial score (nSPS) is 12.1. The van der Waals surface area contributed by atoms with Crippen LogP contribution >= 0.6 is 11.6 Å². The first-order valence-electron chi connectivity index (χ1n) is 9.24. The SMILES string of the molecule is NS(=O)(=O)c1ccc(F)c(C(=O)OCC(=O)NC(c2ccccc2)c2ccc(Cl)cc2)c1. The number of ether oxygens (including phenoxy) is 1. The van der Waals surface area contributed by atoms with Crippen LogP contribution in [0, 0.1) is 5.82 Å². The average Bonchev–Trinajstić information content (AvgIpc) is 2.76. The number of hydrogen-bond acceptors (Lipinski definition) is 5. The van der Waals surface area contributed by atoms with Crippen molar-refractivity contribution in [3.8, 4) is 0 Å². The van der Waals surface area contributed by atoms with E-state index in [-0.39, 0.29) is 0 Å². The van der Waals surface area contributed by atoms with Crippen LogP contribution < -0.4 is 10.5 Å². The number of benzene rings is 3. The van der Waals surface area contributed by atoms with Crippen LogP contribution in [-0.4, -0.2) is 26.9 Å². The Hall–Kier alpha value is -3.27. The minimum Gasteiger partial charge on any atom is -0.452 e. The molecular weight excluding hydrogens is 459 g/mol. The van der Waals surface area contributed by atoms with Crippen molar-refractivity contribution in [1.29, 1.82) is 0 Å². The highest BCUT2D eigenvalue weighted by molar-refractivity contribution is 7.89. The number of carbonyl (C=O) groups is 2. The van der Waals surface area contributed by atoms with Crippen molar-refractivity contribution in [1.82, 2.24) is 5.32 Å².